The van der Waals surface area contributed by atoms with Crippen molar-refractivity contribution in [3.63, 3.8) is 0 Å². The first-order valence-corrected chi connectivity index (χ1v) is 12.1. The van der Waals surface area contributed by atoms with Gasteiger partial charge in [0.15, 0.2) is 11.5 Å². The Morgan fingerprint density at radius 1 is 0.912 bits per heavy atom. The van der Waals surface area contributed by atoms with Crippen LogP contribution in [-0.4, -0.2) is 41.8 Å². The van der Waals surface area contributed by atoms with Gasteiger partial charge >= 0.3 is 0 Å². The van der Waals surface area contributed by atoms with Gasteiger partial charge in [-0.05, 0) is 37.2 Å². The van der Waals surface area contributed by atoms with E-state index in [4.69, 9.17) is 0 Å². The van der Waals surface area contributed by atoms with Crippen molar-refractivity contribution in [1.82, 2.24) is 35.3 Å². The van der Waals surface area contributed by atoms with Crippen LogP contribution in [0.4, 0.5) is 5.82 Å². The quantitative estimate of drug-likeness (QED) is 0.421. The van der Waals surface area contributed by atoms with E-state index < -0.39 is 0 Å². The highest BCUT2D eigenvalue weighted by Gasteiger charge is 2.17. The maximum Gasteiger partial charge on any atom is 0.273 e. The summed E-state index contributed by atoms with van der Waals surface area (Å²) in [4.78, 5) is 24.5. The smallest absolute Gasteiger partial charge is 0.273 e. The summed E-state index contributed by atoms with van der Waals surface area (Å²) >= 11 is 0. The van der Waals surface area contributed by atoms with Crippen molar-refractivity contribution in [1.29, 1.82) is 0 Å². The van der Waals surface area contributed by atoms with Crippen LogP contribution in [0.15, 0.2) is 42.7 Å². The van der Waals surface area contributed by atoms with E-state index in [1.165, 1.54) is 19.3 Å². The number of hydrogen-bond acceptors (Lipinski definition) is 6. The largest absolute Gasteiger partial charge is 0.347 e. The first kappa shape index (κ1) is 23.6. The average Bonchev–Trinajstić information content (AvgIpc) is 3.51. The molecule has 34 heavy (non-hydrogen) atoms. The van der Waals surface area contributed by atoms with E-state index in [0.717, 1.165) is 31.2 Å². The van der Waals surface area contributed by atoms with E-state index in [0.29, 0.717) is 43.5 Å². The number of benzene rings is 1. The fraction of sp³-hybridized carbons (Fsp3) is 0.500. The lowest BCUT2D eigenvalue weighted by molar-refractivity contribution is -0.117. The molecule has 0 unspecified atom stereocenters. The zero-order valence-electron chi connectivity index (χ0n) is 19.4. The van der Waals surface area contributed by atoms with Gasteiger partial charge in [-0.2, -0.15) is 0 Å². The lowest BCUT2D eigenvalue weighted by atomic mass is 9.87. The van der Waals surface area contributed by atoms with E-state index in [1.807, 2.05) is 30.3 Å². The third-order valence-electron chi connectivity index (χ3n) is 6.10. The van der Waals surface area contributed by atoms with Crippen LogP contribution < -0.4 is 10.6 Å². The zero-order valence-corrected chi connectivity index (χ0v) is 19.4. The average molecular weight is 465 g/mol. The molecule has 1 fully saturated rings. The topological polar surface area (TPSA) is 120 Å². The Hall–Kier alpha value is -3.56. The van der Waals surface area contributed by atoms with Crippen molar-refractivity contribution in [2.45, 2.75) is 71.0 Å². The fourth-order valence-corrected chi connectivity index (χ4v) is 4.24. The molecule has 0 bridgehead atoms. The predicted octanol–water partition coefficient (Wildman–Crippen LogP) is 3.19. The molecule has 1 aliphatic carbocycles. The van der Waals surface area contributed by atoms with Crippen molar-refractivity contribution in [2.75, 3.05) is 5.32 Å². The molecule has 0 atom stereocenters. The highest BCUT2D eigenvalue weighted by atomic mass is 16.2. The van der Waals surface area contributed by atoms with Crippen molar-refractivity contribution < 1.29 is 9.59 Å². The molecule has 10 heteroatoms. The van der Waals surface area contributed by atoms with Gasteiger partial charge in [0.05, 0.1) is 12.4 Å². The van der Waals surface area contributed by atoms with Crippen LogP contribution in [0.2, 0.25) is 0 Å². The van der Waals surface area contributed by atoms with Crippen LogP contribution in [0.3, 0.4) is 0 Å². The highest BCUT2D eigenvalue weighted by molar-refractivity contribution is 5.91. The number of rotatable bonds is 11. The molecular formula is C24H32N8O2. The van der Waals surface area contributed by atoms with Crippen LogP contribution in [0.1, 0.15) is 67.4 Å². The Morgan fingerprint density at radius 2 is 1.62 bits per heavy atom. The maximum atomic E-state index is 12.3. The molecular weight excluding hydrogens is 432 g/mol. The summed E-state index contributed by atoms with van der Waals surface area (Å²) in [6, 6.07) is 9.73. The molecule has 0 radical (unpaired) electrons. The van der Waals surface area contributed by atoms with Crippen molar-refractivity contribution >= 4 is 17.6 Å². The van der Waals surface area contributed by atoms with E-state index in [-0.39, 0.29) is 11.8 Å². The predicted molar refractivity (Wildman–Crippen MR) is 127 cm³/mol. The van der Waals surface area contributed by atoms with Crippen LogP contribution >= 0.6 is 0 Å². The van der Waals surface area contributed by atoms with Crippen molar-refractivity contribution in [3.05, 3.63) is 54.0 Å². The molecule has 4 rings (SSSR count). The second-order valence-electron chi connectivity index (χ2n) is 8.87. The minimum Gasteiger partial charge on any atom is -0.347 e. The van der Waals surface area contributed by atoms with Gasteiger partial charge in [0.25, 0.3) is 5.91 Å². The number of anilines is 1. The Bertz CT molecular complexity index is 1060. The van der Waals surface area contributed by atoms with Gasteiger partial charge in [-0.15, -0.1) is 10.2 Å². The molecule has 10 nitrogen and oxygen atoms in total. The second kappa shape index (κ2) is 12.1. The summed E-state index contributed by atoms with van der Waals surface area (Å²) in [7, 11) is 0. The number of hydrogen-bond donors (Lipinski definition) is 2. The molecule has 0 saturated heterocycles. The summed E-state index contributed by atoms with van der Waals surface area (Å²) in [5.41, 5.74) is 1.34. The summed E-state index contributed by atoms with van der Waals surface area (Å²) in [5.74, 6) is 0.781. The minimum absolute atomic E-state index is 0.0220. The molecule has 1 aromatic carbocycles. The normalized spacial score (nSPS) is 14.1. The van der Waals surface area contributed by atoms with E-state index in [1.54, 1.807) is 21.8 Å². The van der Waals surface area contributed by atoms with E-state index in [9.17, 15) is 9.59 Å². The molecule has 0 aliphatic heterocycles. The Labute approximate surface area is 199 Å². The first-order chi connectivity index (χ1) is 16.7. The number of nitrogens with one attached hydrogen (secondary N) is 2. The van der Waals surface area contributed by atoms with Crippen LogP contribution in [0, 0.1) is 5.92 Å². The standard InChI is InChI=1S/C24H32N8O2/c33-23(15-19-9-3-1-4-10-19)26-22-18-32(30-28-22)14-8-7-13-31-17-21(27-29-31)24(34)25-16-20-11-5-2-6-12-20/h2,5-6,11-12,17-19H,1,3-4,7-10,13-16H2,(H,25,34)(H,26,33). The van der Waals surface area contributed by atoms with Crippen LogP contribution in [0.5, 0.6) is 0 Å². The number of amides is 2. The monoisotopic (exact) mass is 464 g/mol. The lowest BCUT2D eigenvalue weighted by Crippen LogP contribution is -2.23. The summed E-state index contributed by atoms with van der Waals surface area (Å²) < 4.78 is 3.41. The van der Waals surface area contributed by atoms with Crippen molar-refractivity contribution in [2.24, 2.45) is 5.92 Å². The third kappa shape index (κ3) is 7.23. The number of nitrogens with zero attached hydrogens (tertiary/aromatic N) is 6. The number of unbranched alkanes of at least 4 members (excludes halogenated alkanes) is 1. The van der Waals surface area contributed by atoms with E-state index in [2.05, 4.69) is 31.3 Å². The maximum absolute atomic E-state index is 12.3. The van der Waals surface area contributed by atoms with Gasteiger partial charge in [0, 0.05) is 26.1 Å². The molecule has 2 heterocycles. The molecule has 3 aromatic rings. The molecule has 1 aliphatic rings. The molecule has 2 aromatic heterocycles. The highest BCUT2D eigenvalue weighted by Crippen LogP contribution is 2.26. The second-order valence-corrected chi connectivity index (χ2v) is 8.87. The van der Waals surface area contributed by atoms with Gasteiger partial charge in [-0.3, -0.25) is 19.0 Å². The Morgan fingerprint density at radius 3 is 2.38 bits per heavy atom. The van der Waals surface area contributed by atoms with Gasteiger partial charge < -0.3 is 10.6 Å². The van der Waals surface area contributed by atoms with Crippen LogP contribution in [-0.2, 0) is 24.4 Å². The van der Waals surface area contributed by atoms with E-state index >= 15 is 0 Å². The minimum atomic E-state index is -0.240. The summed E-state index contributed by atoms with van der Waals surface area (Å²) in [6.45, 7) is 1.79. The van der Waals surface area contributed by atoms with Gasteiger partial charge in [0.1, 0.15) is 0 Å². The van der Waals surface area contributed by atoms with Crippen LogP contribution in [0.25, 0.3) is 0 Å². The molecule has 2 N–H and O–H groups in total. The lowest BCUT2D eigenvalue weighted by Gasteiger charge is -2.20. The Kier molecular flexibility index (Phi) is 8.37. The molecule has 1 saturated carbocycles. The summed E-state index contributed by atoms with van der Waals surface area (Å²) in [6.07, 6.45) is 11.7. The summed E-state index contributed by atoms with van der Waals surface area (Å²) in [5, 5.41) is 21.9. The molecule has 2 amide bonds. The van der Waals surface area contributed by atoms with Gasteiger partial charge in [-0.1, -0.05) is 60.0 Å². The zero-order chi connectivity index (χ0) is 23.6. The molecule has 0 spiro atoms. The third-order valence-corrected chi connectivity index (χ3v) is 6.10. The number of aryl methyl sites for hydroxylation is 2. The van der Waals surface area contributed by atoms with Gasteiger partial charge in [0.2, 0.25) is 5.91 Å². The Balaban J connectivity index is 1.13. The SMILES string of the molecule is O=C(CC1CCCCC1)Nc1cn(CCCCn2cc(C(=O)NCc3ccccc3)nn2)nn1. The van der Waals surface area contributed by atoms with Gasteiger partial charge in [-0.25, -0.2) is 0 Å². The number of aromatic nitrogens is 6. The number of carbonyl (C=O) groups is 2. The first-order valence-electron chi connectivity index (χ1n) is 12.1. The fourth-order valence-electron chi connectivity index (χ4n) is 4.24. The number of carbonyl (C=O) groups excluding carboxylic acids is 2. The van der Waals surface area contributed by atoms with Crippen molar-refractivity contribution in [3.8, 4) is 0 Å². The molecule has 180 valence electrons.